The number of carboxylic acids is 1. The van der Waals surface area contributed by atoms with Gasteiger partial charge in [-0.1, -0.05) is 12.1 Å². The summed E-state index contributed by atoms with van der Waals surface area (Å²) in [6.45, 7) is 0.776. The number of anilines is 1. The molecule has 8 heteroatoms. The first-order valence-electron chi connectivity index (χ1n) is 8.08. The molecule has 3 rings (SSSR count). The number of rotatable bonds is 4. The molecule has 1 aromatic carbocycles. The highest BCUT2D eigenvalue weighted by molar-refractivity contribution is 9.10. The van der Waals surface area contributed by atoms with Crippen LogP contribution in [0.15, 0.2) is 45.9 Å². The fraction of sp³-hybridized carbons (Fsp3) is 0.278. The van der Waals surface area contributed by atoms with Gasteiger partial charge in [-0.15, -0.1) is 0 Å². The van der Waals surface area contributed by atoms with Crippen LogP contribution in [0.2, 0.25) is 0 Å². The number of hydrogen-bond donors (Lipinski definition) is 2. The summed E-state index contributed by atoms with van der Waals surface area (Å²) in [6, 6.07) is 6.94. The number of aromatic nitrogens is 2. The maximum Gasteiger partial charge on any atom is 0.335 e. The quantitative estimate of drug-likeness (QED) is 0.792. The third-order valence-corrected chi connectivity index (χ3v) is 5.06. The molecular formula is C18H19BrN4O3. The number of nitrogens with zero attached hydrogens (tertiary/aromatic N) is 3. The van der Waals surface area contributed by atoms with Gasteiger partial charge in [-0.2, -0.15) is 5.10 Å². The molecule has 7 nitrogen and oxygen atoms in total. The standard InChI is InChI=1S/C18H19BrN4O3/c1-22-9-13(11-3-5-12(6-4-11)18(25)26)7-14(10-22)21-15-8-20-23(2)17(24)16(15)19/h3-6,8-9,14,21H,7,10H2,1-2H3,(H,25,26)/t14-/m1/s1. The minimum atomic E-state index is -0.936. The van der Waals surface area contributed by atoms with E-state index in [2.05, 4.69) is 37.4 Å². The summed E-state index contributed by atoms with van der Waals surface area (Å²) >= 11 is 3.33. The van der Waals surface area contributed by atoms with Crippen LogP contribution in [0, 0.1) is 0 Å². The van der Waals surface area contributed by atoms with Gasteiger partial charge >= 0.3 is 5.97 Å². The van der Waals surface area contributed by atoms with E-state index in [0.717, 1.165) is 24.1 Å². The average molecular weight is 419 g/mol. The molecule has 1 aromatic heterocycles. The van der Waals surface area contributed by atoms with Gasteiger partial charge in [0.05, 0.1) is 17.4 Å². The molecular weight excluding hydrogens is 400 g/mol. The molecule has 0 saturated carbocycles. The Hall–Kier alpha value is -2.61. The zero-order valence-corrected chi connectivity index (χ0v) is 16.0. The van der Waals surface area contributed by atoms with Crippen LogP contribution < -0.4 is 10.9 Å². The number of hydrogen-bond acceptors (Lipinski definition) is 5. The first-order valence-corrected chi connectivity index (χ1v) is 8.87. The number of aromatic carboxylic acids is 1. The number of aryl methyl sites for hydroxylation is 1. The zero-order chi connectivity index (χ0) is 18.8. The van der Waals surface area contributed by atoms with E-state index in [4.69, 9.17) is 5.11 Å². The summed E-state index contributed by atoms with van der Waals surface area (Å²) in [5.74, 6) is -0.936. The number of halogens is 1. The molecule has 26 heavy (non-hydrogen) atoms. The predicted molar refractivity (Wildman–Crippen MR) is 103 cm³/mol. The molecule has 0 aliphatic carbocycles. The summed E-state index contributed by atoms with van der Waals surface area (Å²) in [4.78, 5) is 25.1. The van der Waals surface area contributed by atoms with Crippen molar-refractivity contribution in [2.75, 3.05) is 18.9 Å². The number of carboxylic acid groups (broad SMARTS) is 1. The monoisotopic (exact) mass is 418 g/mol. The van der Waals surface area contributed by atoms with Gasteiger partial charge in [-0.25, -0.2) is 9.48 Å². The molecule has 0 spiro atoms. The molecule has 0 fully saturated rings. The summed E-state index contributed by atoms with van der Waals surface area (Å²) in [5.41, 5.74) is 2.81. The van der Waals surface area contributed by atoms with Crippen LogP contribution in [-0.2, 0) is 7.05 Å². The SMILES string of the molecule is CN1C=C(c2ccc(C(=O)O)cc2)C[C@@H](Nc2cnn(C)c(=O)c2Br)C1. The van der Waals surface area contributed by atoms with Crippen molar-refractivity contribution in [2.24, 2.45) is 7.05 Å². The van der Waals surface area contributed by atoms with E-state index in [1.807, 2.05) is 19.2 Å². The molecule has 2 aromatic rings. The van der Waals surface area contributed by atoms with Gasteiger partial charge in [0.1, 0.15) is 4.47 Å². The lowest BCUT2D eigenvalue weighted by molar-refractivity contribution is 0.0697. The van der Waals surface area contributed by atoms with E-state index in [0.29, 0.717) is 10.2 Å². The Morgan fingerprint density at radius 1 is 1.31 bits per heavy atom. The van der Waals surface area contributed by atoms with Crippen molar-refractivity contribution in [1.29, 1.82) is 0 Å². The Kier molecular flexibility index (Phi) is 5.13. The van der Waals surface area contributed by atoms with E-state index >= 15 is 0 Å². The number of carbonyl (C=O) groups is 1. The van der Waals surface area contributed by atoms with Crippen molar-refractivity contribution in [3.8, 4) is 0 Å². The van der Waals surface area contributed by atoms with Crippen molar-refractivity contribution in [2.45, 2.75) is 12.5 Å². The molecule has 2 heterocycles. The van der Waals surface area contributed by atoms with E-state index in [9.17, 15) is 9.59 Å². The van der Waals surface area contributed by atoms with Gasteiger partial charge in [0.2, 0.25) is 0 Å². The first-order chi connectivity index (χ1) is 12.3. The van der Waals surface area contributed by atoms with Gasteiger partial charge in [-0.05, 0) is 45.6 Å². The van der Waals surface area contributed by atoms with E-state index in [1.165, 1.54) is 4.68 Å². The molecule has 136 valence electrons. The van der Waals surface area contributed by atoms with Crippen LogP contribution in [0.5, 0.6) is 0 Å². The van der Waals surface area contributed by atoms with Crippen molar-refractivity contribution >= 4 is 33.2 Å². The highest BCUT2D eigenvalue weighted by atomic mass is 79.9. The molecule has 2 N–H and O–H groups in total. The Balaban J connectivity index is 1.80. The molecule has 0 unspecified atom stereocenters. The minimum absolute atomic E-state index is 0.0874. The third-order valence-electron chi connectivity index (χ3n) is 4.29. The lowest BCUT2D eigenvalue weighted by atomic mass is 9.95. The van der Waals surface area contributed by atoms with Gasteiger partial charge in [0.15, 0.2) is 0 Å². The van der Waals surface area contributed by atoms with Gasteiger partial charge in [0.25, 0.3) is 5.56 Å². The smallest absolute Gasteiger partial charge is 0.335 e. The largest absolute Gasteiger partial charge is 0.478 e. The van der Waals surface area contributed by atoms with Crippen LogP contribution in [0.4, 0.5) is 5.69 Å². The second-order valence-electron chi connectivity index (χ2n) is 6.32. The zero-order valence-electron chi connectivity index (χ0n) is 14.4. The Labute approximate surface area is 159 Å². The van der Waals surface area contributed by atoms with E-state index in [-0.39, 0.29) is 17.2 Å². The molecule has 0 radical (unpaired) electrons. The Morgan fingerprint density at radius 2 is 2.00 bits per heavy atom. The predicted octanol–water partition coefficient (Wildman–Crippen LogP) is 2.40. The van der Waals surface area contributed by atoms with Crippen LogP contribution in [0.3, 0.4) is 0 Å². The van der Waals surface area contributed by atoms with Crippen molar-refractivity contribution in [3.05, 3.63) is 62.6 Å². The van der Waals surface area contributed by atoms with Crippen LogP contribution in [0.25, 0.3) is 5.57 Å². The van der Waals surface area contributed by atoms with Crippen molar-refractivity contribution < 1.29 is 9.90 Å². The molecule has 1 aliphatic heterocycles. The molecule has 1 atom stereocenters. The van der Waals surface area contributed by atoms with Crippen molar-refractivity contribution in [1.82, 2.24) is 14.7 Å². The number of nitrogens with one attached hydrogen (secondary N) is 1. The van der Waals surface area contributed by atoms with Crippen LogP contribution >= 0.6 is 15.9 Å². The Morgan fingerprint density at radius 3 is 2.65 bits per heavy atom. The lowest BCUT2D eigenvalue weighted by Gasteiger charge is -2.31. The highest BCUT2D eigenvalue weighted by Crippen LogP contribution is 2.27. The number of likely N-dealkylation sites (N-methyl/N-ethyl adjacent to an activating group) is 1. The first kappa shape index (κ1) is 18.2. The fourth-order valence-corrected chi connectivity index (χ4v) is 3.47. The Bertz CT molecular complexity index is 921. The van der Waals surface area contributed by atoms with E-state index in [1.54, 1.807) is 25.4 Å². The van der Waals surface area contributed by atoms with Gasteiger partial charge in [0, 0.05) is 32.9 Å². The maximum absolute atomic E-state index is 12.0. The second-order valence-corrected chi connectivity index (χ2v) is 7.12. The normalized spacial score (nSPS) is 17.0. The summed E-state index contributed by atoms with van der Waals surface area (Å²) < 4.78 is 1.73. The average Bonchev–Trinajstić information content (AvgIpc) is 2.62. The summed E-state index contributed by atoms with van der Waals surface area (Å²) in [6.07, 6.45) is 4.44. The van der Waals surface area contributed by atoms with Crippen LogP contribution in [0.1, 0.15) is 22.3 Å². The fourth-order valence-electron chi connectivity index (χ4n) is 3.00. The van der Waals surface area contributed by atoms with Gasteiger partial charge < -0.3 is 15.3 Å². The van der Waals surface area contributed by atoms with Crippen LogP contribution in [-0.4, -0.2) is 45.4 Å². The molecule has 0 amide bonds. The summed E-state index contributed by atoms with van der Waals surface area (Å²) in [7, 11) is 3.59. The second kappa shape index (κ2) is 7.33. The third kappa shape index (κ3) is 3.80. The molecule has 0 saturated heterocycles. The van der Waals surface area contributed by atoms with Crippen molar-refractivity contribution in [3.63, 3.8) is 0 Å². The highest BCUT2D eigenvalue weighted by Gasteiger charge is 2.21. The van der Waals surface area contributed by atoms with E-state index < -0.39 is 5.97 Å². The number of benzene rings is 1. The topological polar surface area (TPSA) is 87.5 Å². The van der Waals surface area contributed by atoms with Gasteiger partial charge in [-0.3, -0.25) is 4.79 Å². The molecule has 0 bridgehead atoms. The lowest BCUT2D eigenvalue weighted by Crippen LogP contribution is -2.36. The molecule has 1 aliphatic rings. The maximum atomic E-state index is 12.0. The summed E-state index contributed by atoms with van der Waals surface area (Å²) in [5, 5.41) is 16.5. The minimum Gasteiger partial charge on any atom is -0.478 e.